The van der Waals surface area contributed by atoms with Gasteiger partial charge in [0, 0.05) is 12.6 Å². The van der Waals surface area contributed by atoms with Crippen molar-refractivity contribution in [3.8, 4) is 11.8 Å². The third-order valence-corrected chi connectivity index (χ3v) is 3.65. The van der Waals surface area contributed by atoms with Gasteiger partial charge in [-0.3, -0.25) is 0 Å². The summed E-state index contributed by atoms with van der Waals surface area (Å²) < 4.78 is 5.20. The minimum absolute atomic E-state index is 0.687. The quantitative estimate of drug-likeness (QED) is 0.880. The second kappa shape index (κ2) is 6.30. The van der Waals surface area contributed by atoms with Crippen LogP contribution in [0.15, 0.2) is 18.2 Å². The monoisotopic (exact) mass is 244 g/mol. The van der Waals surface area contributed by atoms with Gasteiger partial charge in [0.1, 0.15) is 11.8 Å². The predicted octanol–water partition coefficient (Wildman–Crippen LogP) is 3.56. The molecule has 1 aliphatic carbocycles. The van der Waals surface area contributed by atoms with E-state index in [0.717, 1.165) is 23.9 Å². The molecular formula is C15H20N2O. The van der Waals surface area contributed by atoms with Crippen molar-refractivity contribution in [3.63, 3.8) is 0 Å². The first kappa shape index (κ1) is 12.8. The van der Waals surface area contributed by atoms with Gasteiger partial charge in [-0.05, 0) is 30.9 Å². The third-order valence-electron chi connectivity index (χ3n) is 3.65. The molecule has 18 heavy (non-hydrogen) atoms. The Labute approximate surface area is 109 Å². The number of nitriles is 1. The average molecular weight is 244 g/mol. The highest BCUT2D eigenvalue weighted by Gasteiger charge is 2.13. The fraction of sp³-hybridized carbons (Fsp3) is 0.533. The molecule has 0 saturated heterocycles. The Morgan fingerprint density at radius 2 is 2.11 bits per heavy atom. The fourth-order valence-electron chi connectivity index (χ4n) is 2.54. The SMILES string of the molecule is COc1ccc(C#N)c(NCC2CCCCC2)c1. The second-order valence-electron chi connectivity index (χ2n) is 4.91. The molecule has 1 N–H and O–H groups in total. The summed E-state index contributed by atoms with van der Waals surface area (Å²) in [5, 5.41) is 12.5. The molecule has 96 valence electrons. The highest BCUT2D eigenvalue weighted by atomic mass is 16.5. The van der Waals surface area contributed by atoms with Crippen molar-refractivity contribution >= 4 is 5.69 Å². The van der Waals surface area contributed by atoms with E-state index in [4.69, 9.17) is 10.00 Å². The molecule has 0 spiro atoms. The van der Waals surface area contributed by atoms with Crippen LogP contribution in [-0.4, -0.2) is 13.7 Å². The van der Waals surface area contributed by atoms with E-state index in [2.05, 4.69) is 11.4 Å². The average Bonchev–Trinajstić information content (AvgIpc) is 2.45. The molecule has 3 heteroatoms. The van der Waals surface area contributed by atoms with E-state index < -0.39 is 0 Å². The van der Waals surface area contributed by atoms with E-state index >= 15 is 0 Å². The number of hydrogen-bond donors (Lipinski definition) is 1. The van der Waals surface area contributed by atoms with Gasteiger partial charge in [0.25, 0.3) is 0 Å². The highest BCUT2D eigenvalue weighted by Crippen LogP contribution is 2.26. The van der Waals surface area contributed by atoms with Gasteiger partial charge in [-0.25, -0.2) is 0 Å². The van der Waals surface area contributed by atoms with Gasteiger partial charge < -0.3 is 10.1 Å². The van der Waals surface area contributed by atoms with E-state index in [1.165, 1.54) is 32.1 Å². The molecule has 1 saturated carbocycles. The normalized spacial score (nSPS) is 16.0. The number of anilines is 1. The largest absolute Gasteiger partial charge is 0.497 e. The molecule has 1 aromatic carbocycles. The van der Waals surface area contributed by atoms with Gasteiger partial charge in [-0.15, -0.1) is 0 Å². The highest BCUT2D eigenvalue weighted by molar-refractivity contribution is 5.60. The number of benzene rings is 1. The van der Waals surface area contributed by atoms with Crippen LogP contribution in [0.4, 0.5) is 5.69 Å². The molecular weight excluding hydrogens is 224 g/mol. The Bertz CT molecular complexity index is 431. The van der Waals surface area contributed by atoms with Crippen LogP contribution >= 0.6 is 0 Å². The maximum Gasteiger partial charge on any atom is 0.121 e. The number of nitrogens with one attached hydrogen (secondary N) is 1. The summed E-state index contributed by atoms with van der Waals surface area (Å²) in [4.78, 5) is 0. The maximum atomic E-state index is 9.09. The van der Waals surface area contributed by atoms with Gasteiger partial charge >= 0.3 is 0 Å². The smallest absolute Gasteiger partial charge is 0.121 e. The molecule has 0 heterocycles. The van der Waals surface area contributed by atoms with E-state index in [0.29, 0.717) is 5.56 Å². The molecule has 0 bridgehead atoms. The topological polar surface area (TPSA) is 45.0 Å². The molecule has 0 unspecified atom stereocenters. The van der Waals surface area contributed by atoms with Crippen LogP contribution in [0.5, 0.6) is 5.75 Å². The second-order valence-corrected chi connectivity index (χ2v) is 4.91. The van der Waals surface area contributed by atoms with E-state index in [1.807, 2.05) is 18.2 Å². The molecule has 0 aliphatic heterocycles. The fourth-order valence-corrected chi connectivity index (χ4v) is 2.54. The zero-order valence-corrected chi connectivity index (χ0v) is 10.9. The number of hydrogen-bond acceptors (Lipinski definition) is 3. The lowest BCUT2D eigenvalue weighted by Gasteiger charge is -2.22. The molecule has 1 fully saturated rings. The summed E-state index contributed by atoms with van der Waals surface area (Å²) in [6.45, 7) is 0.960. The Balaban J connectivity index is 2.00. The van der Waals surface area contributed by atoms with E-state index in [-0.39, 0.29) is 0 Å². The molecule has 0 amide bonds. The van der Waals surface area contributed by atoms with Crippen LogP contribution in [0.1, 0.15) is 37.7 Å². The van der Waals surface area contributed by atoms with Crippen LogP contribution in [-0.2, 0) is 0 Å². The number of ether oxygens (including phenoxy) is 1. The molecule has 0 aromatic heterocycles. The van der Waals surface area contributed by atoms with Crippen molar-refractivity contribution in [1.82, 2.24) is 0 Å². The molecule has 3 nitrogen and oxygen atoms in total. The summed E-state index contributed by atoms with van der Waals surface area (Å²) in [6, 6.07) is 7.75. The Hall–Kier alpha value is -1.69. The number of methoxy groups -OCH3 is 1. The first-order valence-corrected chi connectivity index (χ1v) is 6.65. The summed E-state index contributed by atoms with van der Waals surface area (Å²) in [5.74, 6) is 1.54. The van der Waals surface area contributed by atoms with Crippen LogP contribution in [0.25, 0.3) is 0 Å². The zero-order chi connectivity index (χ0) is 12.8. The number of nitrogens with zero attached hydrogens (tertiary/aromatic N) is 1. The number of rotatable bonds is 4. The summed E-state index contributed by atoms with van der Waals surface area (Å²) in [6.07, 6.45) is 6.67. The lowest BCUT2D eigenvalue weighted by molar-refractivity contribution is 0.373. The molecule has 2 rings (SSSR count). The van der Waals surface area contributed by atoms with Gasteiger partial charge in [0.2, 0.25) is 0 Å². The van der Waals surface area contributed by atoms with Crippen LogP contribution in [0, 0.1) is 17.2 Å². The Morgan fingerprint density at radius 1 is 1.33 bits per heavy atom. The van der Waals surface area contributed by atoms with Gasteiger partial charge in [-0.2, -0.15) is 5.26 Å². The van der Waals surface area contributed by atoms with Crippen LogP contribution < -0.4 is 10.1 Å². The van der Waals surface area contributed by atoms with Crippen molar-refractivity contribution in [2.75, 3.05) is 19.0 Å². The predicted molar refractivity (Wildman–Crippen MR) is 72.8 cm³/mol. The molecule has 0 radical (unpaired) electrons. The van der Waals surface area contributed by atoms with Gasteiger partial charge in [-0.1, -0.05) is 19.3 Å². The standard InChI is InChI=1S/C15H20N2O/c1-18-14-8-7-13(10-16)15(9-14)17-11-12-5-3-2-4-6-12/h7-9,12,17H,2-6,11H2,1H3. The van der Waals surface area contributed by atoms with Crippen LogP contribution in [0.3, 0.4) is 0 Å². The van der Waals surface area contributed by atoms with Crippen molar-refractivity contribution in [2.24, 2.45) is 5.92 Å². The van der Waals surface area contributed by atoms with Crippen molar-refractivity contribution < 1.29 is 4.74 Å². The first-order valence-electron chi connectivity index (χ1n) is 6.65. The molecule has 1 aromatic rings. The molecule has 1 aliphatic rings. The lowest BCUT2D eigenvalue weighted by Crippen LogP contribution is -2.17. The third kappa shape index (κ3) is 3.16. The minimum Gasteiger partial charge on any atom is -0.497 e. The van der Waals surface area contributed by atoms with Crippen molar-refractivity contribution in [2.45, 2.75) is 32.1 Å². The Morgan fingerprint density at radius 3 is 2.78 bits per heavy atom. The lowest BCUT2D eigenvalue weighted by atomic mass is 9.89. The summed E-state index contributed by atoms with van der Waals surface area (Å²) >= 11 is 0. The Kier molecular flexibility index (Phi) is 4.46. The van der Waals surface area contributed by atoms with Crippen molar-refractivity contribution in [3.05, 3.63) is 23.8 Å². The van der Waals surface area contributed by atoms with Gasteiger partial charge in [0.15, 0.2) is 0 Å². The summed E-state index contributed by atoms with van der Waals surface area (Å²) in [5.41, 5.74) is 1.58. The maximum absolute atomic E-state index is 9.09. The van der Waals surface area contributed by atoms with Crippen LogP contribution in [0.2, 0.25) is 0 Å². The first-order chi connectivity index (χ1) is 8.83. The van der Waals surface area contributed by atoms with Gasteiger partial charge in [0.05, 0.1) is 18.4 Å². The van der Waals surface area contributed by atoms with E-state index in [1.54, 1.807) is 7.11 Å². The zero-order valence-electron chi connectivity index (χ0n) is 10.9. The minimum atomic E-state index is 0.687. The molecule has 0 atom stereocenters. The van der Waals surface area contributed by atoms with Crippen molar-refractivity contribution in [1.29, 1.82) is 5.26 Å². The van der Waals surface area contributed by atoms with E-state index in [9.17, 15) is 0 Å². The summed E-state index contributed by atoms with van der Waals surface area (Å²) in [7, 11) is 1.65.